The average Bonchev–Trinajstić information content (AvgIpc) is 2.41. The lowest BCUT2D eigenvalue weighted by Crippen LogP contribution is -2.26. The number of anilines is 2. The maximum Gasteiger partial charge on any atom is 0.258 e. The average molecular weight is 275 g/mol. The van der Waals surface area contributed by atoms with E-state index in [1.807, 2.05) is 25.1 Å². The molecule has 2 aromatic rings. The van der Waals surface area contributed by atoms with E-state index in [1.54, 1.807) is 36.2 Å². The van der Waals surface area contributed by atoms with Crippen LogP contribution < -0.4 is 10.6 Å². The lowest BCUT2D eigenvalue weighted by molar-refractivity contribution is 0.0993. The van der Waals surface area contributed by atoms with Crippen LogP contribution in [0.1, 0.15) is 15.9 Å². The van der Waals surface area contributed by atoms with Crippen molar-refractivity contribution in [2.45, 2.75) is 6.92 Å². The standard InChI is InChI=1S/C15H15ClN2O/c1-10-13(16)4-3-5-14(10)18(2)15(19)11-6-8-12(17)9-7-11/h3-9H,17H2,1-2H3. The van der Waals surface area contributed by atoms with E-state index in [4.69, 9.17) is 17.3 Å². The van der Waals surface area contributed by atoms with Gasteiger partial charge in [0.1, 0.15) is 0 Å². The number of amides is 1. The Hall–Kier alpha value is -2.00. The van der Waals surface area contributed by atoms with Crippen molar-refractivity contribution in [2.24, 2.45) is 0 Å². The number of nitrogens with two attached hydrogens (primary N) is 1. The van der Waals surface area contributed by atoms with E-state index >= 15 is 0 Å². The van der Waals surface area contributed by atoms with Crippen molar-refractivity contribution in [3.05, 3.63) is 58.6 Å². The van der Waals surface area contributed by atoms with Gasteiger partial charge in [0.15, 0.2) is 0 Å². The third-order valence-corrected chi connectivity index (χ3v) is 3.47. The smallest absolute Gasteiger partial charge is 0.258 e. The van der Waals surface area contributed by atoms with Gasteiger partial charge in [-0.05, 0) is 48.9 Å². The number of hydrogen-bond acceptors (Lipinski definition) is 2. The topological polar surface area (TPSA) is 46.3 Å². The Morgan fingerprint density at radius 3 is 2.42 bits per heavy atom. The zero-order valence-electron chi connectivity index (χ0n) is 10.9. The van der Waals surface area contributed by atoms with Crippen molar-refractivity contribution < 1.29 is 4.79 Å². The van der Waals surface area contributed by atoms with Crippen LogP contribution in [0.5, 0.6) is 0 Å². The Bertz CT molecular complexity index is 608. The molecule has 2 rings (SSSR count). The minimum atomic E-state index is -0.0923. The van der Waals surface area contributed by atoms with Gasteiger partial charge in [0.2, 0.25) is 0 Å². The van der Waals surface area contributed by atoms with Gasteiger partial charge in [-0.1, -0.05) is 17.7 Å². The largest absolute Gasteiger partial charge is 0.399 e. The summed E-state index contributed by atoms with van der Waals surface area (Å²) in [5, 5.41) is 0.648. The van der Waals surface area contributed by atoms with Gasteiger partial charge in [-0.3, -0.25) is 4.79 Å². The van der Waals surface area contributed by atoms with Crippen molar-refractivity contribution in [3.8, 4) is 0 Å². The Kier molecular flexibility index (Phi) is 3.76. The van der Waals surface area contributed by atoms with Crippen LogP contribution >= 0.6 is 11.6 Å². The molecule has 0 bridgehead atoms. The van der Waals surface area contributed by atoms with Gasteiger partial charge in [0.25, 0.3) is 5.91 Å². The maximum absolute atomic E-state index is 12.4. The summed E-state index contributed by atoms with van der Waals surface area (Å²) in [4.78, 5) is 14.0. The molecule has 0 saturated heterocycles. The van der Waals surface area contributed by atoms with Crippen molar-refractivity contribution >= 4 is 28.9 Å². The molecule has 0 aliphatic heterocycles. The van der Waals surface area contributed by atoms with Crippen molar-refractivity contribution in [1.29, 1.82) is 0 Å². The van der Waals surface area contributed by atoms with E-state index in [0.29, 0.717) is 16.3 Å². The van der Waals surface area contributed by atoms with E-state index in [0.717, 1.165) is 11.3 Å². The zero-order valence-corrected chi connectivity index (χ0v) is 11.6. The van der Waals surface area contributed by atoms with E-state index in [-0.39, 0.29) is 5.91 Å². The monoisotopic (exact) mass is 274 g/mol. The first kappa shape index (κ1) is 13.4. The summed E-state index contributed by atoms with van der Waals surface area (Å²) in [6, 6.07) is 12.4. The molecule has 2 aromatic carbocycles. The van der Waals surface area contributed by atoms with Crippen LogP contribution in [0.2, 0.25) is 5.02 Å². The van der Waals surface area contributed by atoms with Gasteiger partial charge in [0, 0.05) is 29.0 Å². The fourth-order valence-corrected chi connectivity index (χ4v) is 2.06. The van der Waals surface area contributed by atoms with E-state index in [9.17, 15) is 4.79 Å². The molecule has 0 fully saturated rings. The molecular formula is C15H15ClN2O. The molecule has 0 atom stereocenters. The molecule has 0 radical (unpaired) electrons. The highest BCUT2D eigenvalue weighted by Crippen LogP contribution is 2.26. The number of nitrogens with zero attached hydrogens (tertiary/aromatic N) is 1. The van der Waals surface area contributed by atoms with Crippen LogP contribution in [-0.4, -0.2) is 13.0 Å². The fraction of sp³-hybridized carbons (Fsp3) is 0.133. The predicted molar refractivity (Wildman–Crippen MR) is 79.8 cm³/mol. The molecule has 0 saturated carbocycles. The third-order valence-electron chi connectivity index (χ3n) is 3.06. The van der Waals surface area contributed by atoms with E-state index in [2.05, 4.69) is 0 Å². The molecule has 2 N–H and O–H groups in total. The summed E-state index contributed by atoms with van der Waals surface area (Å²) in [5.41, 5.74) is 8.53. The number of carbonyl (C=O) groups is 1. The van der Waals surface area contributed by atoms with Crippen molar-refractivity contribution in [1.82, 2.24) is 0 Å². The molecule has 0 spiro atoms. The molecular weight excluding hydrogens is 260 g/mol. The zero-order chi connectivity index (χ0) is 14.0. The Morgan fingerprint density at radius 2 is 1.79 bits per heavy atom. The first-order chi connectivity index (χ1) is 9.00. The third kappa shape index (κ3) is 2.71. The fourth-order valence-electron chi connectivity index (χ4n) is 1.89. The second kappa shape index (κ2) is 5.33. The van der Waals surface area contributed by atoms with Crippen molar-refractivity contribution in [3.63, 3.8) is 0 Å². The minimum Gasteiger partial charge on any atom is -0.399 e. The molecule has 4 heteroatoms. The lowest BCUT2D eigenvalue weighted by Gasteiger charge is -2.20. The van der Waals surface area contributed by atoms with Crippen LogP contribution in [0, 0.1) is 6.92 Å². The number of nitrogen functional groups attached to an aromatic ring is 1. The normalized spacial score (nSPS) is 10.3. The highest BCUT2D eigenvalue weighted by Gasteiger charge is 2.15. The van der Waals surface area contributed by atoms with E-state index < -0.39 is 0 Å². The number of rotatable bonds is 2. The SMILES string of the molecule is Cc1c(Cl)cccc1N(C)C(=O)c1ccc(N)cc1. The molecule has 0 unspecified atom stereocenters. The first-order valence-electron chi connectivity index (χ1n) is 5.89. The highest BCUT2D eigenvalue weighted by atomic mass is 35.5. The molecule has 0 aliphatic rings. The summed E-state index contributed by atoms with van der Waals surface area (Å²) < 4.78 is 0. The highest BCUT2D eigenvalue weighted by molar-refractivity contribution is 6.31. The van der Waals surface area contributed by atoms with Gasteiger partial charge in [-0.2, -0.15) is 0 Å². The lowest BCUT2D eigenvalue weighted by atomic mass is 10.1. The Morgan fingerprint density at radius 1 is 1.16 bits per heavy atom. The van der Waals surface area contributed by atoms with Crippen LogP contribution in [0.3, 0.4) is 0 Å². The number of carbonyl (C=O) groups excluding carboxylic acids is 1. The summed E-state index contributed by atoms with van der Waals surface area (Å²) in [7, 11) is 1.73. The van der Waals surface area contributed by atoms with Gasteiger partial charge in [0.05, 0.1) is 0 Å². The van der Waals surface area contributed by atoms with E-state index in [1.165, 1.54) is 0 Å². The minimum absolute atomic E-state index is 0.0923. The number of halogens is 1. The predicted octanol–water partition coefficient (Wildman–Crippen LogP) is 3.51. The van der Waals surface area contributed by atoms with Gasteiger partial charge < -0.3 is 10.6 Å². The first-order valence-corrected chi connectivity index (χ1v) is 6.27. The molecule has 0 heterocycles. The summed E-state index contributed by atoms with van der Waals surface area (Å²) in [5.74, 6) is -0.0923. The van der Waals surface area contributed by atoms with Crippen molar-refractivity contribution in [2.75, 3.05) is 17.7 Å². The number of hydrogen-bond donors (Lipinski definition) is 1. The van der Waals surface area contributed by atoms with Crippen LogP contribution in [-0.2, 0) is 0 Å². The Labute approximate surface area is 117 Å². The van der Waals surface area contributed by atoms with Crippen LogP contribution in [0.25, 0.3) is 0 Å². The summed E-state index contributed by atoms with van der Waals surface area (Å²) in [6.07, 6.45) is 0. The van der Waals surface area contributed by atoms with Crippen LogP contribution in [0.15, 0.2) is 42.5 Å². The summed E-state index contributed by atoms with van der Waals surface area (Å²) >= 11 is 6.07. The quantitative estimate of drug-likeness (QED) is 0.852. The van der Waals surface area contributed by atoms with Gasteiger partial charge in [-0.25, -0.2) is 0 Å². The van der Waals surface area contributed by atoms with Gasteiger partial charge in [-0.15, -0.1) is 0 Å². The molecule has 0 aromatic heterocycles. The molecule has 3 nitrogen and oxygen atoms in total. The Balaban J connectivity index is 2.33. The number of benzene rings is 2. The second-order valence-electron chi connectivity index (χ2n) is 4.37. The maximum atomic E-state index is 12.4. The molecule has 0 aliphatic carbocycles. The second-order valence-corrected chi connectivity index (χ2v) is 4.78. The molecule has 98 valence electrons. The van der Waals surface area contributed by atoms with Gasteiger partial charge >= 0.3 is 0 Å². The molecule has 1 amide bonds. The summed E-state index contributed by atoms with van der Waals surface area (Å²) in [6.45, 7) is 1.89. The molecule has 19 heavy (non-hydrogen) atoms. The van der Waals surface area contributed by atoms with Crippen LogP contribution in [0.4, 0.5) is 11.4 Å².